The molecule has 0 saturated carbocycles. The Kier molecular flexibility index (Phi) is 5.02. The topological polar surface area (TPSA) is 26.2 Å². The minimum Gasteiger partial charge on any atom is -0.494 e. The fraction of sp³-hybridized carbons (Fsp3) is 0.412. The van der Waals surface area contributed by atoms with Gasteiger partial charge < -0.3 is 14.6 Å². The lowest BCUT2D eigenvalue weighted by molar-refractivity contribution is 0.383. The minimum atomic E-state index is -0.288. The Morgan fingerprint density at radius 3 is 2.67 bits per heavy atom. The molecule has 0 aliphatic rings. The van der Waals surface area contributed by atoms with Gasteiger partial charge in [-0.15, -0.1) is 0 Å². The van der Waals surface area contributed by atoms with Gasteiger partial charge in [-0.3, -0.25) is 0 Å². The Labute approximate surface area is 125 Å². The van der Waals surface area contributed by atoms with Gasteiger partial charge >= 0.3 is 0 Å². The molecule has 1 aromatic heterocycles. The van der Waals surface area contributed by atoms with E-state index in [4.69, 9.17) is 4.74 Å². The molecule has 1 N–H and O–H groups in total. The lowest BCUT2D eigenvalue weighted by atomic mass is 9.99. The SMILES string of the molecule is CNC(c1ccn(Cc2cccc(OC)c2F)c1)C(C)C. The minimum absolute atomic E-state index is 0.287. The van der Waals surface area contributed by atoms with Crippen LogP contribution in [0.15, 0.2) is 36.7 Å². The summed E-state index contributed by atoms with van der Waals surface area (Å²) < 4.78 is 21.2. The molecule has 0 bridgehead atoms. The van der Waals surface area contributed by atoms with Crippen molar-refractivity contribution in [1.82, 2.24) is 9.88 Å². The molecular weight excluding hydrogens is 267 g/mol. The number of halogens is 1. The normalized spacial score (nSPS) is 12.7. The second-order valence-corrected chi connectivity index (χ2v) is 5.56. The van der Waals surface area contributed by atoms with Crippen molar-refractivity contribution < 1.29 is 9.13 Å². The molecule has 0 radical (unpaired) electrons. The van der Waals surface area contributed by atoms with E-state index >= 15 is 0 Å². The van der Waals surface area contributed by atoms with Crippen LogP contribution in [-0.4, -0.2) is 18.7 Å². The third kappa shape index (κ3) is 3.45. The van der Waals surface area contributed by atoms with Crippen LogP contribution in [0, 0.1) is 11.7 Å². The lowest BCUT2D eigenvalue weighted by Gasteiger charge is -2.18. The molecule has 0 spiro atoms. The molecule has 3 nitrogen and oxygen atoms in total. The van der Waals surface area contributed by atoms with E-state index in [9.17, 15) is 4.39 Å². The van der Waals surface area contributed by atoms with Crippen molar-refractivity contribution in [1.29, 1.82) is 0 Å². The lowest BCUT2D eigenvalue weighted by Crippen LogP contribution is -2.21. The van der Waals surface area contributed by atoms with Crippen LogP contribution < -0.4 is 10.1 Å². The van der Waals surface area contributed by atoms with Crippen molar-refractivity contribution in [3.63, 3.8) is 0 Å². The van der Waals surface area contributed by atoms with Gasteiger partial charge in [0.05, 0.1) is 13.7 Å². The van der Waals surface area contributed by atoms with Crippen molar-refractivity contribution in [2.75, 3.05) is 14.2 Å². The van der Waals surface area contributed by atoms with Crippen molar-refractivity contribution in [2.45, 2.75) is 26.4 Å². The third-order valence-electron chi connectivity index (χ3n) is 3.73. The van der Waals surface area contributed by atoms with E-state index in [2.05, 4.69) is 31.4 Å². The summed E-state index contributed by atoms with van der Waals surface area (Å²) in [4.78, 5) is 0. The van der Waals surface area contributed by atoms with Gasteiger partial charge in [0.25, 0.3) is 0 Å². The van der Waals surface area contributed by atoms with Crippen LogP contribution in [0.5, 0.6) is 5.75 Å². The van der Waals surface area contributed by atoms with Crippen LogP contribution in [-0.2, 0) is 6.54 Å². The summed E-state index contributed by atoms with van der Waals surface area (Å²) in [6, 6.07) is 7.62. The Balaban J connectivity index is 2.20. The van der Waals surface area contributed by atoms with Crippen molar-refractivity contribution >= 4 is 0 Å². The largest absolute Gasteiger partial charge is 0.494 e. The van der Waals surface area contributed by atoms with E-state index < -0.39 is 0 Å². The zero-order chi connectivity index (χ0) is 15.4. The summed E-state index contributed by atoms with van der Waals surface area (Å²) in [5, 5.41) is 3.32. The molecule has 2 rings (SSSR count). The molecule has 2 aromatic rings. The zero-order valence-electron chi connectivity index (χ0n) is 13.1. The molecule has 0 amide bonds. The van der Waals surface area contributed by atoms with Gasteiger partial charge in [0.1, 0.15) is 0 Å². The van der Waals surface area contributed by atoms with E-state index in [1.807, 2.05) is 23.9 Å². The Morgan fingerprint density at radius 2 is 2.05 bits per heavy atom. The Bertz CT molecular complexity index is 592. The monoisotopic (exact) mass is 290 g/mol. The summed E-state index contributed by atoms with van der Waals surface area (Å²) in [6.45, 7) is 4.86. The fourth-order valence-electron chi connectivity index (χ4n) is 2.66. The molecule has 0 aliphatic heterocycles. The quantitative estimate of drug-likeness (QED) is 0.879. The molecule has 1 unspecified atom stereocenters. The number of hydrogen-bond donors (Lipinski definition) is 1. The number of methoxy groups -OCH3 is 1. The maximum absolute atomic E-state index is 14.2. The average Bonchev–Trinajstić information content (AvgIpc) is 2.90. The Morgan fingerprint density at radius 1 is 1.29 bits per heavy atom. The second kappa shape index (κ2) is 6.76. The first-order valence-electron chi connectivity index (χ1n) is 7.21. The molecule has 1 aromatic carbocycles. The zero-order valence-corrected chi connectivity index (χ0v) is 13.1. The first-order valence-corrected chi connectivity index (χ1v) is 7.21. The highest BCUT2D eigenvalue weighted by Gasteiger charge is 2.15. The number of benzene rings is 1. The second-order valence-electron chi connectivity index (χ2n) is 5.56. The standard InChI is InChI=1S/C17H23FN2O/c1-12(2)17(19-3)14-8-9-20(11-14)10-13-6-5-7-15(21-4)16(13)18/h5-9,11-12,17,19H,10H2,1-4H3. The molecule has 114 valence electrons. The van der Waals surface area contributed by atoms with Crippen LogP contribution in [0.4, 0.5) is 4.39 Å². The molecule has 0 saturated heterocycles. The number of ether oxygens (including phenoxy) is 1. The molecule has 21 heavy (non-hydrogen) atoms. The summed E-state index contributed by atoms with van der Waals surface area (Å²) in [5.74, 6) is 0.499. The summed E-state index contributed by atoms with van der Waals surface area (Å²) in [6.07, 6.45) is 4.06. The van der Waals surface area contributed by atoms with E-state index in [-0.39, 0.29) is 11.6 Å². The molecule has 0 fully saturated rings. The van der Waals surface area contributed by atoms with Gasteiger partial charge in [-0.1, -0.05) is 26.0 Å². The number of nitrogens with one attached hydrogen (secondary N) is 1. The molecular formula is C17H23FN2O. The Hall–Kier alpha value is -1.81. The van der Waals surface area contributed by atoms with Crippen LogP contribution in [0.3, 0.4) is 0 Å². The predicted octanol–water partition coefficient (Wildman–Crippen LogP) is 3.60. The number of aromatic nitrogens is 1. The van der Waals surface area contributed by atoms with Crippen LogP contribution in [0.1, 0.15) is 31.0 Å². The summed E-state index contributed by atoms with van der Waals surface area (Å²) in [7, 11) is 3.44. The summed E-state index contributed by atoms with van der Waals surface area (Å²) in [5.41, 5.74) is 1.85. The van der Waals surface area contributed by atoms with Crippen molar-refractivity contribution in [3.8, 4) is 5.75 Å². The highest BCUT2D eigenvalue weighted by molar-refractivity contribution is 5.31. The van der Waals surface area contributed by atoms with E-state index in [1.54, 1.807) is 12.1 Å². The van der Waals surface area contributed by atoms with E-state index in [1.165, 1.54) is 12.7 Å². The van der Waals surface area contributed by atoms with Crippen LogP contribution in [0.25, 0.3) is 0 Å². The van der Waals surface area contributed by atoms with E-state index in [0.29, 0.717) is 24.1 Å². The third-order valence-corrected chi connectivity index (χ3v) is 3.73. The number of nitrogens with zero attached hydrogens (tertiary/aromatic N) is 1. The summed E-state index contributed by atoms with van der Waals surface area (Å²) >= 11 is 0. The van der Waals surface area contributed by atoms with Gasteiger partial charge in [0, 0.05) is 24.0 Å². The predicted molar refractivity (Wildman–Crippen MR) is 83.1 cm³/mol. The molecule has 1 heterocycles. The molecule has 4 heteroatoms. The highest BCUT2D eigenvalue weighted by Crippen LogP contribution is 2.24. The number of rotatable bonds is 6. The average molecular weight is 290 g/mol. The molecule has 0 aliphatic carbocycles. The van der Waals surface area contributed by atoms with Crippen molar-refractivity contribution in [3.05, 3.63) is 53.6 Å². The van der Waals surface area contributed by atoms with E-state index in [0.717, 1.165) is 0 Å². The van der Waals surface area contributed by atoms with Crippen LogP contribution in [0.2, 0.25) is 0 Å². The maximum atomic E-state index is 14.2. The number of hydrogen-bond acceptors (Lipinski definition) is 2. The first kappa shape index (κ1) is 15.6. The first-order chi connectivity index (χ1) is 10.1. The maximum Gasteiger partial charge on any atom is 0.170 e. The highest BCUT2D eigenvalue weighted by atomic mass is 19.1. The van der Waals surface area contributed by atoms with Crippen LogP contribution >= 0.6 is 0 Å². The van der Waals surface area contributed by atoms with Gasteiger partial charge in [-0.2, -0.15) is 0 Å². The smallest absolute Gasteiger partial charge is 0.170 e. The van der Waals surface area contributed by atoms with Gasteiger partial charge in [-0.05, 0) is 30.7 Å². The fourth-order valence-corrected chi connectivity index (χ4v) is 2.66. The van der Waals surface area contributed by atoms with Gasteiger partial charge in [-0.25, -0.2) is 4.39 Å². The molecule has 1 atom stereocenters. The van der Waals surface area contributed by atoms with Gasteiger partial charge in [0.2, 0.25) is 0 Å². The van der Waals surface area contributed by atoms with Crippen molar-refractivity contribution in [2.24, 2.45) is 5.92 Å². The van der Waals surface area contributed by atoms with Gasteiger partial charge in [0.15, 0.2) is 11.6 Å².